The van der Waals surface area contributed by atoms with Crippen LogP contribution in [0, 0.1) is 0 Å². The second kappa shape index (κ2) is 5.12. The summed E-state index contributed by atoms with van der Waals surface area (Å²) in [7, 11) is 0. The van der Waals surface area contributed by atoms with E-state index in [4.69, 9.17) is 5.11 Å². The highest BCUT2D eigenvalue weighted by molar-refractivity contribution is 6.07. The standard InChI is InChI=1S/C14H10N2O2.ClH/c17-14(18)12-8-16-13-10(4-1-5-11(12)13)9-3-2-6-15-7-9;/h1-8,16H,(H,17,18);1H. The first-order valence-corrected chi connectivity index (χ1v) is 5.51. The molecule has 0 unspecified atom stereocenters. The highest BCUT2D eigenvalue weighted by atomic mass is 35.5. The van der Waals surface area contributed by atoms with Crippen LogP contribution >= 0.6 is 12.4 Å². The Balaban J connectivity index is 0.00000133. The number of carboxylic acids is 1. The predicted molar refractivity (Wildman–Crippen MR) is 75.7 cm³/mol. The molecular weight excluding hydrogens is 264 g/mol. The van der Waals surface area contributed by atoms with Crippen molar-refractivity contribution < 1.29 is 9.90 Å². The van der Waals surface area contributed by atoms with Crippen molar-refractivity contribution in [2.24, 2.45) is 0 Å². The van der Waals surface area contributed by atoms with Gasteiger partial charge in [-0.05, 0) is 6.07 Å². The van der Waals surface area contributed by atoms with Crippen molar-refractivity contribution >= 4 is 29.3 Å². The van der Waals surface area contributed by atoms with Gasteiger partial charge in [-0.25, -0.2) is 4.79 Å². The van der Waals surface area contributed by atoms with E-state index in [1.807, 2.05) is 24.3 Å². The lowest BCUT2D eigenvalue weighted by Gasteiger charge is -2.02. The van der Waals surface area contributed by atoms with E-state index in [2.05, 4.69) is 9.97 Å². The minimum absolute atomic E-state index is 0. The number of pyridine rings is 1. The van der Waals surface area contributed by atoms with Crippen molar-refractivity contribution in [1.29, 1.82) is 0 Å². The molecule has 4 nitrogen and oxygen atoms in total. The average Bonchev–Trinajstić information content (AvgIpc) is 2.83. The third-order valence-electron chi connectivity index (χ3n) is 2.92. The normalized spacial score (nSPS) is 10.1. The number of rotatable bonds is 2. The van der Waals surface area contributed by atoms with Crippen molar-refractivity contribution in [3.05, 3.63) is 54.5 Å². The van der Waals surface area contributed by atoms with Crippen LogP contribution in [-0.2, 0) is 0 Å². The van der Waals surface area contributed by atoms with E-state index in [-0.39, 0.29) is 18.0 Å². The smallest absolute Gasteiger partial charge is 0.337 e. The number of halogens is 1. The Morgan fingerprint density at radius 1 is 1.21 bits per heavy atom. The van der Waals surface area contributed by atoms with Gasteiger partial charge in [0.25, 0.3) is 0 Å². The minimum Gasteiger partial charge on any atom is -0.478 e. The van der Waals surface area contributed by atoms with Crippen molar-refractivity contribution in [1.82, 2.24) is 9.97 Å². The predicted octanol–water partition coefficient (Wildman–Crippen LogP) is 3.35. The molecule has 0 amide bonds. The Morgan fingerprint density at radius 3 is 2.74 bits per heavy atom. The molecule has 0 aliphatic rings. The van der Waals surface area contributed by atoms with Gasteiger partial charge in [-0.3, -0.25) is 4.98 Å². The molecule has 0 atom stereocenters. The number of nitrogens with zero attached hydrogens (tertiary/aromatic N) is 1. The Bertz CT molecular complexity index is 723. The highest BCUT2D eigenvalue weighted by Crippen LogP contribution is 2.29. The molecule has 0 radical (unpaired) electrons. The SMILES string of the molecule is Cl.O=C(O)c1c[nH]c2c(-c3cccnc3)cccc12. The summed E-state index contributed by atoms with van der Waals surface area (Å²) in [5.74, 6) is -0.926. The van der Waals surface area contributed by atoms with Crippen LogP contribution in [0.3, 0.4) is 0 Å². The number of hydrogen-bond donors (Lipinski definition) is 2. The number of aromatic carboxylic acids is 1. The molecule has 0 fully saturated rings. The van der Waals surface area contributed by atoms with E-state index in [9.17, 15) is 4.79 Å². The van der Waals surface area contributed by atoms with Crippen LogP contribution < -0.4 is 0 Å². The maximum absolute atomic E-state index is 11.1. The zero-order valence-corrected chi connectivity index (χ0v) is 10.6. The Labute approximate surface area is 115 Å². The van der Waals surface area contributed by atoms with Gasteiger partial charge in [0.15, 0.2) is 0 Å². The minimum atomic E-state index is -0.926. The van der Waals surface area contributed by atoms with Crippen LogP contribution in [0.1, 0.15) is 10.4 Å². The number of carbonyl (C=O) groups is 1. The van der Waals surface area contributed by atoms with Crippen molar-refractivity contribution in [2.45, 2.75) is 0 Å². The quantitative estimate of drug-likeness (QED) is 0.753. The fourth-order valence-corrected chi connectivity index (χ4v) is 2.09. The van der Waals surface area contributed by atoms with E-state index in [1.54, 1.807) is 18.5 Å². The molecule has 2 heterocycles. The monoisotopic (exact) mass is 274 g/mol. The van der Waals surface area contributed by atoms with Gasteiger partial charge in [-0.15, -0.1) is 12.4 Å². The summed E-state index contributed by atoms with van der Waals surface area (Å²) < 4.78 is 0. The van der Waals surface area contributed by atoms with Gasteiger partial charge in [0.2, 0.25) is 0 Å². The van der Waals surface area contributed by atoms with E-state index in [0.717, 1.165) is 16.6 Å². The molecule has 0 saturated heterocycles. The number of aromatic amines is 1. The molecule has 3 rings (SSSR count). The lowest BCUT2D eigenvalue weighted by atomic mass is 10.0. The van der Waals surface area contributed by atoms with E-state index < -0.39 is 5.97 Å². The zero-order valence-electron chi connectivity index (χ0n) is 9.83. The number of aromatic nitrogens is 2. The summed E-state index contributed by atoms with van der Waals surface area (Å²) in [6.07, 6.45) is 4.99. The maximum atomic E-state index is 11.1. The van der Waals surface area contributed by atoms with E-state index >= 15 is 0 Å². The number of carboxylic acid groups (broad SMARTS) is 1. The summed E-state index contributed by atoms with van der Waals surface area (Å²) >= 11 is 0. The fourth-order valence-electron chi connectivity index (χ4n) is 2.09. The topological polar surface area (TPSA) is 66.0 Å². The highest BCUT2D eigenvalue weighted by Gasteiger charge is 2.13. The molecule has 0 bridgehead atoms. The van der Waals surface area contributed by atoms with Crippen LogP contribution in [0.25, 0.3) is 22.0 Å². The van der Waals surface area contributed by atoms with Gasteiger partial charge >= 0.3 is 5.97 Å². The van der Waals surface area contributed by atoms with Crippen molar-refractivity contribution in [3.8, 4) is 11.1 Å². The van der Waals surface area contributed by atoms with Crippen LogP contribution in [0.15, 0.2) is 48.9 Å². The van der Waals surface area contributed by atoms with Crippen molar-refractivity contribution in [3.63, 3.8) is 0 Å². The van der Waals surface area contributed by atoms with Crippen molar-refractivity contribution in [2.75, 3.05) is 0 Å². The van der Waals surface area contributed by atoms with E-state index in [0.29, 0.717) is 5.39 Å². The van der Waals surface area contributed by atoms with Crippen LogP contribution in [0.2, 0.25) is 0 Å². The first-order chi connectivity index (χ1) is 8.77. The first kappa shape index (κ1) is 13.1. The molecule has 0 aliphatic heterocycles. The molecule has 0 spiro atoms. The van der Waals surface area contributed by atoms with Gasteiger partial charge in [0.1, 0.15) is 0 Å². The molecule has 1 aromatic carbocycles. The molecule has 96 valence electrons. The fraction of sp³-hybridized carbons (Fsp3) is 0. The number of para-hydroxylation sites is 1. The Kier molecular flexibility index (Phi) is 3.53. The first-order valence-electron chi connectivity index (χ1n) is 5.51. The summed E-state index contributed by atoms with van der Waals surface area (Å²) in [5.41, 5.74) is 3.02. The molecular formula is C14H11ClN2O2. The molecule has 19 heavy (non-hydrogen) atoms. The molecule has 0 aliphatic carbocycles. The molecule has 2 aromatic heterocycles. The zero-order chi connectivity index (χ0) is 12.5. The molecule has 0 saturated carbocycles. The van der Waals surface area contributed by atoms with Crippen LogP contribution in [0.5, 0.6) is 0 Å². The summed E-state index contributed by atoms with van der Waals surface area (Å²) in [6.45, 7) is 0. The Morgan fingerprint density at radius 2 is 2.05 bits per heavy atom. The molecule has 2 N–H and O–H groups in total. The second-order valence-electron chi connectivity index (χ2n) is 3.98. The molecule has 3 aromatic rings. The third-order valence-corrected chi connectivity index (χ3v) is 2.92. The molecule has 5 heteroatoms. The lowest BCUT2D eigenvalue weighted by molar-refractivity contribution is 0.0699. The van der Waals surface area contributed by atoms with Gasteiger partial charge in [0.05, 0.1) is 11.1 Å². The lowest BCUT2D eigenvalue weighted by Crippen LogP contribution is -1.93. The number of hydrogen-bond acceptors (Lipinski definition) is 2. The second-order valence-corrected chi connectivity index (χ2v) is 3.98. The number of nitrogens with one attached hydrogen (secondary N) is 1. The van der Waals surface area contributed by atoms with Gasteiger partial charge in [-0.2, -0.15) is 0 Å². The summed E-state index contributed by atoms with van der Waals surface area (Å²) in [4.78, 5) is 18.2. The van der Waals surface area contributed by atoms with Gasteiger partial charge < -0.3 is 10.1 Å². The summed E-state index contributed by atoms with van der Waals surface area (Å²) in [6, 6.07) is 9.40. The maximum Gasteiger partial charge on any atom is 0.337 e. The van der Waals surface area contributed by atoms with Crippen LogP contribution in [0.4, 0.5) is 0 Å². The number of benzene rings is 1. The number of fused-ring (bicyclic) bond motifs is 1. The van der Waals surface area contributed by atoms with Crippen LogP contribution in [-0.4, -0.2) is 21.0 Å². The van der Waals surface area contributed by atoms with Gasteiger partial charge in [0, 0.05) is 35.1 Å². The summed E-state index contributed by atoms with van der Waals surface area (Å²) in [5, 5.41) is 9.81. The number of H-pyrrole nitrogens is 1. The average molecular weight is 275 g/mol. The Hall–Kier alpha value is -2.33. The largest absolute Gasteiger partial charge is 0.478 e. The third kappa shape index (κ3) is 2.18. The van der Waals surface area contributed by atoms with Gasteiger partial charge in [-0.1, -0.05) is 24.3 Å². The van der Waals surface area contributed by atoms with E-state index in [1.165, 1.54) is 6.20 Å².